The minimum Gasteiger partial charge on any atom is -0.356 e. The number of hydrogen-bond acceptors (Lipinski definition) is 5. The molecule has 1 aliphatic heterocycles. The second-order valence-corrected chi connectivity index (χ2v) is 8.49. The van der Waals surface area contributed by atoms with Gasteiger partial charge in [0, 0.05) is 39.1 Å². The Labute approximate surface area is 153 Å². The van der Waals surface area contributed by atoms with E-state index in [0.29, 0.717) is 17.1 Å². The van der Waals surface area contributed by atoms with Crippen molar-refractivity contribution in [3.63, 3.8) is 0 Å². The van der Waals surface area contributed by atoms with E-state index in [1.165, 1.54) is 26.2 Å². The minimum absolute atomic E-state index is 0.131. The van der Waals surface area contributed by atoms with Gasteiger partial charge in [0.2, 0.25) is 10.0 Å². The third-order valence-electron chi connectivity index (χ3n) is 4.31. The Hall–Kier alpha value is -2.45. The predicted molar refractivity (Wildman–Crippen MR) is 101 cm³/mol. The van der Waals surface area contributed by atoms with E-state index in [1.54, 1.807) is 30.5 Å². The highest BCUT2D eigenvalue weighted by Gasteiger charge is 2.21. The van der Waals surface area contributed by atoms with E-state index >= 15 is 0 Å². The molecule has 1 aromatic carbocycles. The molecule has 0 atom stereocenters. The molecule has 0 spiro atoms. The highest BCUT2D eigenvalue weighted by molar-refractivity contribution is 7.89. The highest BCUT2D eigenvalue weighted by Crippen LogP contribution is 2.24. The van der Waals surface area contributed by atoms with Crippen LogP contribution in [0.15, 0.2) is 47.5 Å². The summed E-state index contributed by atoms with van der Waals surface area (Å²) in [5.41, 5.74) is 0.907. The van der Waals surface area contributed by atoms with Crippen molar-refractivity contribution < 1.29 is 13.2 Å². The van der Waals surface area contributed by atoms with Gasteiger partial charge < -0.3 is 10.2 Å². The van der Waals surface area contributed by atoms with Crippen LogP contribution in [0.4, 0.5) is 11.5 Å². The maximum Gasteiger partial charge on any atom is 0.259 e. The Bertz CT molecular complexity index is 906. The smallest absolute Gasteiger partial charge is 0.259 e. The molecule has 1 N–H and O–H groups in total. The van der Waals surface area contributed by atoms with Crippen molar-refractivity contribution in [3.05, 3.63) is 48.2 Å². The lowest BCUT2D eigenvalue weighted by molar-refractivity contribution is 0.102. The molecule has 0 radical (unpaired) electrons. The van der Waals surface area contributed by atoms with E-state index < -0.39 is 10.0 Å². The highest BCUT2D eigenvalue weighted by atomic mass is 32.2. The number of nitrogens with zero attached hydrogens (tertiary/aromatic N) is 3. The third kappa shape index (κ3) is 3.71. The molecule has 1 aromatic heterocycles. The standard InChI is InChI=1S/C18H22N4O3S/c1-21(2)26(24,25)15-8-5-7-14(13-15)20-18(23)16-9-6-10-19-17(16)22-11-3-4-12-22/h5-10,13H,3-4,11-12H2,1-2H3,(H,20,23). The SMILES string of the molecule is CN(C)S(=O)(=O)c1cccc(NC(=O)c2cccnc2N2CCCC2)c1. The fourth-order valence-corrected chi connectivity index (χ4v) is 3.85. The molecule has 0 bridgehead atoms. The molecule has 1 saturated heterocycles. The first kappa shape index (κ1) is 18.3. The molecule has 2 heterocycles. The molecule has 1 amide bonds. The molecule has 0 saturated carbocycles. The van der Waals surface area contributed by atoms with Gasteiger partial charge in [-0.1, -0.05) is 6.07 Å². The molecule has 0 unspecified atom stereocenters. The molecular formula is C18H22N4O3S. The Balaban J connectivity index is 1.86. The summed E-state index contributed by atoms with van der Waals surface area (Å²) in [6, 6.07) is 9.69. The molecule has 1 fully saturated rings. The number of benzene rings is 1. The molecule has 3 rings (SSSR count). The fourth-order valence-electron chi connectivity index (χ4n) is 2.90. The molecule has 7 nitrogen and oxygen atoms in total. The Morgan fingerprint density at radius 1 is 1.15 bits per heavy atom. The first-order chi connectivity index (χ1) is 12.4. The van der Waals surface area contributed by atoms with E-state index in [-0.39, 0.29) is 10.8 Å². The maximum atomic E-state index is 12.7. The molecule has 8 heteroatoms. The van der Waals surface area contributed by atoms with Crippen molar-refractivity contribution in [2.24, 2.45) is 0 Å². The third-order valence-corrected chi connectivity index (χ3v) is 6.12. The van der Waals surface area contributed by atoms with Crippen molar-refractivity contribution in [2.45, 2.75) is 17.7 Å². The Morgan fingerprint density at radius 3 is 2.58 bits per heavy atom. The van der Waals surface area contributed by atoms with Crippen molar-refractivity contribution in [1.29, 1.82) is 0 Å². The number of carbonyl (C=O) groups excluding carboxylic acids is 1. The number of sulfonamides is 1. The van der Waals surface area contributed by atoms with E-state index in [4.69, 9.17) is 0 Å². The fraction of sp³-hybridized carbons (Fsp3) is 0.333. The van der Waals surface area contributed by atoms with Crippen LogP contribution >= 0.6 is 0 Å². The zero-order valence-electron chi connectivity index (χ0n) is 14.8. The lowest BCUT2D eigenvalue weighted by Crippen LogP contribution is -2.24. The van der Waals surface area contributed by atoms with Crippen LogP contribution in [-0.4, -0.2) is 50.8 Å². The van der Waals surface area contributed by atoms with Crippen LogP contribution in [0, 0.1) is 0 Å². The normalized spacial score (nSPS) is 14.7. The van der Waals surface area contributed by atoms with Gasteiger partial charge in [0.25, 0.3) is 5.91 Å². The number of pyridine rings is 1. The van der Waals surface area contributed by atoms with Gasteiger partial charge in [-0.05, 0) is 43.2 Å². The number of hydrogen-bond donors (Lipinski definition) is 1. The van der Waals surface area contributed by atoms with Gasteiger partial charge in [-0.25, -0.2) is 17.7 Å². The van der Waals surface area contributed by atoms with Crippen LogP contribution in [0.2, 0.25) is 0 Å². The summed E-state index contributed by atoms with van der Waals surface area (Å²) in [7, 11) is -0.618. The second kappa shape index (κ2) is 7.43. The molecule has 26 heavy (non-hydrogen) atoms. The van der Waals surface area contributed by atoms with Gasteiger partial charge in [-0.3, -0.25) is 4.79 Å². The predicted octanol–water partition coefficient (Wildman–Crippen LogP) is 2.18. The average molecular weight is 374 g/mol. The molecule has 138 valence electrons. The molecule has 1 aliphatic rings. The van der Waals surface area contributed by atoms with Gasteiger partial charge in [0.05, 0.1) is 10.5 Å². The van der Waals surface area contributed by atoms with E-state index in [1.807, 2.05) is 0 Å². The summed E-state index contributed by atoms with van der Waals surface area (Å²) in [5.74, 6) is 0.360. The summed E-state index contributed by atoms with van der Waals surface area (Å²) >= 11 is 0. The molecule has 0 aliphatic carbocycles. The number of anilines is 2. The maximum absolute atomic E-state index is 12.7. The van der Waals surface area contributed by atoms with Crippen LogP contribution < -0.4 is 10.2 Å². The van der Waals surface area contributed by atoms with Gasteiger partial charge in [-0.15, -0.1) is 0 Å². The van der Waals surface area contributed by atoms with E-state index in [9.17, 15) is 13.2 Å². The Kier molecular flexibility index (Phi) is 5.24. The summed E-state index contributed by atoms with van der Waals surface area (Å²) < 4.78 is 25.7. The second-order valence-electron chi connectivity index (χ2n) is 6.34. The van der Waals surface area contributed by atoms with Crippen LogP contribution in [-0.2, 0) is 10.0 Å². The zero-order valence-corrected chi connectivity index (χ0v) is 15.7. The first-order valence-corrected chi connectivity index (χ1v) is 9.87. The van der Waals surface area contributed by atoms with Gasteiger partial charge in [0.1, 0.15) is 5.82 Å². The summed E-state index contributed by atoms with van der Waals surface area (Å²) in [4.78, 5) is 19.3. The summed E-state index contributed by atoms with van der Waals surface area (Å²) in [5, 5.41) is 2.78. The first-order valence-electron chi connectivity index (χ1n) is 8.43. The lowest BCUT2D eigenvalue weighted by Gasteiger charge is -2.19. The lowest BCUT2D eigenvalue weighted by atomic mass is 10.2. The number of rotatable bonds is 5. The molecular weight excluding hydrogens is 352 g/mol. The number of aromatic nitrogens is 1. The number of amides is 1. The summed E-state index contributed by atoms with van der Waals surface area (Å²) in [6.45, 7) is 1.77. The van der Waals surface area contributed by atoms with Gasteiger partial charge in [-0.2, -0.15) is 0 Å². The largest absolute Gasteiger partial charge is 0.356 e. The van der Waals surface area contributed by atoms with Crippen molar-refractivity contribution in [1.82, 2.24) is 9.29 Å². The van der Waals surface area contributed by atoms with Crippen LogP contribution in [0.25, 0.3) is 0 Å². The van der Waals surface area contributed by atoms with Crippen LogP contribution in [0.5, 0.6) is 0 Å². The quantitative estimate of drug-likeness (QED) is 0.867. The zero-order chi connectivity index (χ0) is 18.7. The van der Waals surface area contributed by atoms with Gasteiger partial charge >= 0.3 is 0 Å². The van der Waals surface area contributed by atoms with Crippen LogP contribution in [0.1, 0.15) is 23.2 Å². The van der Waals surface area contributed by atoms with Crippen molar-refractivity contribution in [3.8, 4) is 0 Å². The van der Waals surface area contributed by atoms with Crippen LogP contribution in [0.3, 0.4) is 0 Å². The minimum atomic E-state index is -3.56. The number of carbonyl (C=O) groups is 1. The van der Waals surface area contributed by atoms with Crippen molar-refractivity contribution >= 4 is 27.4 Å². The average Bonchev–Trinajstić information content (AvgIpc) is 3.16. The number of nitrogens with one attached hydrogen (secondary N) is 1. The Morgan fingerprint density at radius 2 is 1.88 bits per heavy atom. The summed E-state index contributed by atoms with van der Waals surface area (Å²) in [6.07, 6.45) is 3.85. The molecule has 2 aromatic rings. The van der Waals surface area contributed by atoms with Crippen molar-refractivity contribution in [2.75, 3.05) is 37.4 Å². The monoisotopic (exact) mass is 374 g/mol. The van der Waals surface area contributed by atoms with E-state index in [0.717, 1.165) is 30.2 Å². The van der Waals surface area contributed by atoms with E-state index in [2.05, 4.69) is 15.2 Å². The van der Waals surface area contributed by atoms with Gasteiger partial charge in [0.15, 0.2) is 0 Å². The topological polar surface area (TPSA) is 82.6 Å².